The van der Waals surface area contributed by atoms with E-state index >= 15 is 0 Å². The second kappa shape index (κ2) is 5.98. The number of hydrogen-bond acceptors (Lipinski definition) is 3. The summed E-state index contributed by atoms with van der Waals surface area (Å²) >= 11 is 0. The molecule has 0 saturated heterocycles. The number of benzene rings is 1. The number of nitrogens with two attached hydrogens (primary N) is 1. The van der Waals surface area contributed by atoms with E-state index in [0.29, 0.717) is 18.8 Å². The monoisotopic (exact) mass is 241 g/mol. The molecule has 1 unspecified atom stereocenters. The largest absolute Gasteiger partial charge is 0.493 e. The van der Waals surface area contributed by atoms with Crippen LogP contribution in [0.4, 0.5) is 4.39 Å². The molecule has 0 saturated carbocycles. The van der Waals surface area contributed by atoms with Crippen LogP contribution in [0.15, 0.2) is 18.2 Å². The normalized spacial score (nSPS) is 14.4. The Balaban J connectivity index is 2.38. The molecule has 0 amide bonds. The van der Waals surface area contributed by atoms with Crippen molar-refractivity contribution < 1.29 is 14.2 Å². The number of aliphatic hydroxyl groups is 1. The van der Waals surface area contributed by atoms with Crippen LogP contribution in [0.3, 0.4) is 0 Å². The summed E-state index contributed by atoms with van der Waals surface area (Å²) < 4.78 is 18.4. The van der Waals surface area contributed by atoms with E-state index in [4.69, 9.17) is 15.6 Å². The molecule has 0 radical (unpaired) electrons. The Kier molecular flexibility index (Phi) is 4.90. The lowest BCUT2D eigenvalue weighted by atomic mass is 9.99. The third-order valence-corrected chi connectivity index (χ3v) is 2.66. The minimum absolute atomic E-state index is 0.0496. The van der Waals surface area contributed by atoms with Crippen molar-refractivity contribution in [1.29, 1.82) is 0 Å². The molecule has 1 rings (SSSR count). The zero-order valence-corrected chi connectivity index (χ0v) is 10.4. The van der Waals surface area contributed by atoms with E-state index < -0.39 is 5.54 Å². The molecule has 4 heteroatoms. The van der Waals surface area contributed by atoms with Gasteiger partial charge in [-0.15, -0.1) is 0 Å². The van der Waals surface area contributed by atoms with Gasteiger partial charge in [-0.3, -0.25) is 0 Å². The number of aliphatic hydroxyl groups excluding tert-OH is 1. The topological polar surface area (TPSA) is 55.5 Å². The van der Waals surface area contributed by atoms with Crippen molar-refractivity contribution in [2.24, 2.45) is 5.73 Å². The van der Waals surface area contributed by atoms with Gasteiger partial charge in [0.05, 0.1) is 13.2 Å². The van der Waals surface area contributed by atoms with Crippen LogP contribution in [0.1, 0.15) is 25.3 Å². The predicted molar refractivity (Wildman–Crippen MR) is 65.5 cm³/mol. The molecular weight excluding hydrogens is 221 g/mol. The summed E-state index contributed by atoms with van der Waals surface area (Å²) in [6.45, 7) is 4.08. The summed E-state index contributed by atoms with van der Waals surface area (Å²) in [5.74, 6) is 0.261. The molecule has 0 aromatic heterocycles. The van der Waals surface area contributed by atoms with Crippen molar-refractivity contribution in [1.82, 2.24) is 0 Å². The van der Waals surface area contributed by atoms with Crippen molar-refractivity contribution in [3.63, 3.8) is 0 Å². The third-order valence-electron chi connectivity index (χ3n) is 2.66. The van der Waals surface area contributed by atoms with Crippen LogP contribution in [0.2, 0.25) is 0 Å². The lowest BCUT2D eigenvalue weighted by Gasteiger charge is -2.21. The maximum absolute atomic E-state index is 13.0. The molecule has 17 heavy (non-hydrogen) atoms. The van der Waals surface area contributed by atoms with Crippen LogP contribution in [0.25, 0.3) is 0 Å². The summed E-state index contributed by atoms with van der Waals surface area (Å²) in [6, 6.07) is 4.47. The zero-order valence-electron chi connectivity index (χ0n) is 10.4. The van der Waals surface area contributed by atoms with Gasteiger partial charge in [0.2, 0.25) is 0 Å². The first kappa shape index (κ1) is 13.9. The highest BCUT2D eigenvalue weighted by molar-refractivity contribution is 5.32. The molecular formula is C13H20FNO2. The lowest BCUT2D eigenvalue weighted by molar-refractivity contribution is 0.188. The second-order valence-corrected chi connectivity index (χ2v) is 4.67. The van der Waals surface area contributed by atoms with Crippen LogP contribution in [-0.4, -0.2) is 23.9 Å². The molecule has 0 aliphatic rings. The lowest BCUT2D eigenvalue weighted by Crippen LogP contribution is -2.40. The Morgan fingerprint density at radius 3 is 2.82 bits per heavy atom. The van der Waals surface area contributed by atoms with E-state index in [1.807, 2.05) is 6.92 Å². The number of aryl methyl sites for hydroxylation is 1. The second-order valence-electron chi connectivity index (χ2n) is 4.67. The zero-order chi connectivity index (χ0) is 12.9. The molecule has 0 spiro atoms. The van der Waals surface area contributed by atoms with Gasteiger partial charge in [0, 0.05) is 11.6 Å². The molecule has 0 heterocycles. The minimum atomic E-state index is -0.569. The molecule has 1 aromatic rings. The van der Waals surface area contributed by atoms with Gasteiger partial charge >= 0.3 is 0 Å². The number of rotatable bonds is 6. The van der Waals surface area contributed by atoms with Crippen molar-refractivity contribution >= 4 is 0 Å². The maximum atomic E-state index is 13.0. The standard InChI is InChI=1S/C13H20FNO2/c1-10-4-5-11(14)8-12(10)17-7-3-6-13(2,15)9-16/h4-5,8,16H,3,6-7,9,15H2,1-2H3. The summed E-state index contributed by atoms with van der Waals surface area (Å²) in [6.07, 6.45) is 1.39. The van der Waals surface area contributed by atoms with E-state index in [0.717, 1.165) is 12.0 Å². The Labute approximate surface area is 101 Å². The van der Waals surface area contributed by atoms with Gasteiger partial charge in [0.25, 0.3) is 0 Å². The van der Waals surface area contributed by atoms with Crippen LogP contribution < -0.4 is 10.5 Å². The molecule has 0 fully saturated rings. The van der Waals surface area contributed by atoms with Crippen LogP contribution >= 0.6 is 0 Å². The highest BCUT2D eigenvalue weighted by Crippen LogP contribution is 2.19. The van der Waals surface area contributed by atoms with Crippen molar-refractivity contribution in [2.45, 2.75) is 32.2 Å². The van der Waals surface area contributed by atoms with Gasteiger partial charge in [-0.25, -0.2) is 4.39 Å². The summed E-state index contributed by atoms with van der Waals surface area (Å²) in [5, 5.41) is 8.98. The Morgan fingerprint density at radius 1 is 1.47 bits per heavy atom. The highest BCUT2D eigenvalue weighted by atomic mass is 19.1. The first-order valence-corrected chi connectivity index (χ1v) is 5.73. The highest BCUT2D eigenvalue weighted by Gasteiger charge is 2.16. The third kappa shape index (κ3) is 4.71. The van der Waals surface area contributed by atoms with Gasteiger partial charge in [0.1, 0.15) is 11.6 Å². The van der Waals surface area contributed by atoms with E-state index in [1.54, 1.807) is 13.0 Å². The van der Waals surface area contributed by atoms with Crippen LogP contribution in [0.5, 0.6) is 5.75 Å². The van der Waals surface area contributed by atoms with Gasteiger partial charge in [-0.2, -0.15) is 0 Å². The predicted octanol–water partition coefficient (Wildman–Crippen LogP) is 2.00. The fraction of sp³-hybridized carbons (Fsp3) is 0.538. The minimum Gasteiger partial charge on any atom is -0.493 e. The first-order valence-electron chi connectivity index (χ1n) is 5.73. The molecule has 0 bridgehead atoms. The summed E-state index contributed by atoms with van der Waals surface area (Å²) in [5.41, 5.74) is 6.12. The van der Waals surface area contributed by atoms with Gasteiger partial charge in [-0.05, 0) is 38.3 Å². The van der Waals surface area contributed by atoms with Crippen LogP contribution in [0, 0.1) is 12.7 Å². The number of halogens is 1. The van der Waals surface area contributed by atoms with Crippen LogP contribution in [-0.2, 0) is 0 Å². The Morgan fingerprint density at radius 2 is 2.18 bits per heavy atom. The fourth-order valence-corrected chi connectivity index (χ4v) is 1.47. The van der Waals surface area contributed by atoms with E-state index in [2.05, 4.69) is 0 Å². The Bertz CT molecular complexity index is 366. The molecule has 96 valence electrons. The summed E-state index contributed by atoms with van der Waals surface area (Å²) in [4.78, 5) is 0. The Hall–Kier alpha value is -1.13. The molecule has 3 N–H and O–H groups in total. The van der Waals surface area contributed by atoms with E-state index in [-0.39, 0.29) is 12.4 Å². The van der Waals surface area contributed by atoms with Gasteiger partial charge in [-0.1, -0.05) is 6.07 Å². The SMILES string of the molecule is Cc1ccc(F)cc1OCCCC(C)(N)CO. The van der Waals surface area contributed by atoms with Gasteiger partial charge < -0.3 is 15.6 Å². The van der Waals surface area contributed by atoms with Crippen molar-refractivity contribution in [3.05, 3.63) is 29.6 Å². The molecule has 1 aromatic carbocycles. The smallest absolute Gasteiger partial charge is 0.126 e. The quantitative estimate of drug-likeness (QED) is 0.749. The van der Waals surface area contributed by atoms with E-state index in [1.165, 1.54) is 12.1 Å². The first-order chi connectivity index (χ1) is 7.94. The summed E-state index contributed by atoms with van der Waals surface area (Å²) in [7, 11) is 0. The van der Waals surface area contributed by atoms with Crippen molar-refractivity contribution in [2.75, 3.05) is 13.2 Å². The van der Waals surface area contributed by atoms with Crippen molar-refractivity contribution in [3.8, 4) is 5.75 Å². The number of ether oxygens (including phenoxy) is 1. The molecule has 0 aliphatic carbocycles. The fourth-order valence-electron chi connectivity index (χ4n) is 1.47. The average molecular weight is 241 g/mol. The van der Waals surface area contributed by atoms with E-state index in [9.17, 15) is 4.39 Å². The molecule has 0 aliphatic heterocycles. The molecule has 1 atom stereocenters. The maximum Gasteiger partial charge on any atom is 0.126 e. The number of hydrogen-bond donors (Lipinski definition) is 2. The average Bonchev–Trinajstić information content (AvgIpc) is 2.29. The molecule has 3 nitrogen and oxygen atoms in total. The van der Waals surface area contributed by atoms with Gasteiger partial charge in [0.15, 0.2) is 0 Å².